The zero-order valence-electron chi connectivity index (χ0n) is 21.4. The van der Waals surface area contributed by atoms with Crippen molar-refractivity contribution >= 4 is 29.3 Å². The van der Waals surface area contributed by atoms with Crippen LogP contribution >= 0.6 is 0 Å². The highest BCUT2D eigenvalue weighted by atomic mass is 16.5. The molecule has 0 aliphatic carbocycles. The van der Waals surface area contributed by atoms with Crippen LogP contribution in [0.4, 0.5) is 11.4 Å². The average molecular weight is 498 g/mol. The monoisotopic (exact) mass is 497 g/mol. The number of para-hydroxylation sites is 2. The first-order chi connectivity index (χ1) is 17.9. The molecule has 1 fully saturated rings. The number of rotatable bonds is 5. The van der Waals surface area contributed by atoms with Gasteiger partial charge in [0.15, 0.2) is 11.5 Å². The molecule has 2 aliphatic heterocycles. The summed E-state index contributed by atoms with van der Waals surface area (Å²) in [5.41, 5.74) is 3.78. The van der Waals surface area contributed by atoms with Crippen molar-refractivity contribution in [3.8, 4) is 11.5 Å². The third-order valence-electron chi connectivity index (χ3n) is 6.85. The van der Waals surface area contributed by atoms with E-state index in [-0.39, 0.29) is 30.2 Å². The molecule has 1 unspecified atom stereocenters. The first-order valence-corrected chi connectivity index (χ1v) is 12.5. The molecule has 7 nitrogen and oxygen atoms in total. The average Bonchev–Trinajstić information content (AvgIpc) is 2.91. The van der Waals surface area contributed by atoms with E-state index in [4.69, 9.17) is 9.47 Å². The fraction of sp³-hybridized carbons (Fsp3) is 0.267. The second kappa shape index (κ2) is 10.4. The van der Waals surface area contributed by atoms with Crippen molar-refractivity contribution < 1.29 is 19.1 Å². The maximum Gasteiger partial charge on any atom is 0.294 e. The maximum atomic E-state index is 13.5. The number of ether oxygens (including phenoxy) is 2. The zero-order chi connectivity index (χ0) is 25.9. The molecule has 0 radical (unpaired) electrons. The van der Waals surface area contributed by atoms with E-state index in [1.807, 2.05) is 53.4 Å². The minimum absolute atomic E-state index is 0.0453. The quantitative estimate of drug-likeness (QED) is 0.486. The highest BCUT2D eigenvalue weighted by Crippen LogP contribution is 2.35. The molecule has 190 valence electrons. The molecule has 2 heterocycles. The van der Waals surface area contributed by atoms with Crippen molar-refractivity contribution in [3.63, 3.8) is 0 Å². The van der Waals surface area contributed by atoms with E-state index in [2.05, 4.69) is 43.0 Å². The van der Waals surface area contributed by atoms with Gasteiger partial charge in [0, 0.05) is 31.4 Å². The Morgan fingerprint density at radius 2 is 1.84 bits per heavy atom. The molecule has 0 bridgehead atoms. The van der Waals surface area contributed by atoms with Gasteiger partial charge in [-0.05, 0) is 67.4 Å². The van der Waals surface area contributed by atoms with Crippen molar-refractivity contribution in [1.29, 1.82) is 0 Å². The van der Waals surface area contributed by atoms with Gasteiger partial charge in [-0.2, -0.15) is 0 Å². The Kier molecular flexibility index (Phi) is 6.86. The molecular formula is C30H31N3O4. The maximum absolute atomic E-state index is 13.5. The lowest BCUT2D eigenvalue weighted by Gasteiger charge is -2.42. The summed E-state index contributed by atoms with van der Waals surface area (Å²) in [6.07, 6.45) is 1.69. The van der Waals surface area contributed by atoms with Gasteiger partial charge in [-0.25, -0.2) is 0 Å². The summed E-state index contributed by atoms with van der Waals surface area (Å²) in [4.78, 5) is 32.6. The van der Waals surface area contributed by atoms with Crippen LogP contribution in [0.3, 0.4) is 0 Å². The fourth-order valence-electron chi connectivity index (χ4n) is 4.88. The number of amides is 2. The van der Waals surface area contributed by atoms with Gasteiger partial charge in [-0.1, -0.05) is 36.4 Å². The van der Waals surface area contributed by atoms with Crippen molar-refractivity contribution in [2.24, 2.45) is 0 Å². The Bertz CT molecular complexity index is 1330. The SMILES string of the molecule is COc1ccc(/C=C2/Oc3ccccc3N(CC(=O)N3CCN(c4cccc(C)c4)C(C)C3)C2=O)cc1. The van der Waals surface area contributed by atoms with Gasteiger partial charge in [0.05, 0.1) is 12.8 Å². The van der Waals surface area contributed by atoms with Gasteiger partial charge in [0.1, 0.15) is 12.3 Å². The van der Waals surface area contributed by atoms with Crippen LogP contribution in [0.5, 0.6) is 11.5 Å². The standard InChI is InChI=1S/C30H31N3O4/c1-21-7-6-8-24(17-21)32-16-15-31(19-22(32)2)29(34)20-33-26-9-4-5-10-27(26)37-28(30(33)35)18-23-11-13-25(36-3)14-12-23/h4-14,17-18,22H,15-16,19-20H2,1-3H3/b28-18+. The summed E-state index contributed by atoms with van der Waals surface area (Å²) in [6.45, 7) is 6.12. The molecule has 37 heavy (non-hydrogen) atoms. The van der Waals surface area contributed by atoms with E-state index in [0.29, 0.717) is 24.5 Å². The largest absolute Gasteiger partial charge is 0.497 e. The number of carbonyl (C=O) groups is 2. The van der Waals surface area contributed by atoms with Crippen LogP contribution in [0, 0.1) is 6.92 Å². The molecule has 1 atom stereocenters. The summed E-state index contributed by atoms with van der Waals surface area (Å²) in [7, 11) is 1.61. The Hall–Kier alpha value is -4.26. The molecule has 7 heteroatoms. The molecule has 2 amide bonds. The number of anilines is 2. The highest BCUT2D eigenvalue weighted by molar-refractivity contribution is 6.12. The van der Waals surface area contributed by atoms with Crippen molar-refractivity contribution in [1.82, 2.24) is 4.90 Å². The number of carbonyl (C=O) groups excluding carboxylic acids is 2. The number of methoxy groups -OCH3 is 1. The van der Waals surface area contributed by atoms with Gasteiger partial charge < -0.3 is 19.3 Å². The predicted molar refractivity (Wildman–Crippen MR) is 145 cm³/mol. The van der Waals surface area contributed by atoms with Crippen molar-refractivity contribution in [2.45, 2.75) is 19.9 Å². The number of piperazine rings is 1. The Labute approximate surface area is 217 Å². The second-order valence-corrected chi connectivity index (χ2v) is 9.46. The molecule has 3 aromatic carbocycles. The first kappa shape index (κ1) is 24.4. The van der Waals surface area contributed by atoms with Gasteiger partial charge >= 0.3 is 0 Å². The molecule has 1 saturated heterocycles. The topological polar surface area (TPSA) is 62.3 Å². The van der Waals surface area contributed by atoms with Crippen LogP contribution in [0.25, 0.3) is 6.08 Å². The zero-order valence-corrected chi connectivity index (χ0v) is 21.4. The lowest BCUT2D eigenvalue weighted by molar-refractivity contribution is -0.132. The number of fused-ring (bicyclic) bond motifs is 1. The summed E-state index contributed by atoms with van der Waals surface area (Å²) in [5.74, 6) is 1.04. The highest BCUT2D eigenvalue weighted by Gasteiger charge is 2.34. The van der Waals surface area contributed by atoms with Crippen LogP contribution < -0.4 is 19.3 Å². The van der Waals surface area contributed by atoms with Gasteiger partial charge in [-0.15, -0.1) is 0 Å². The normalized spacial score (nSPS) is 18.5. The number of hydrogen-bond donors (Lipinski definition) is 0. The number of hydrogen-bond acceptors (Lipinski definition) is 5. The van der Waals surface area contributed by atoms with E-state index in [1.165, 1.54) is 16.2 Å². The number of nitrogens with zero attached hydrogens (tertiary/aromatic N) is 3. The number of aryl methyl sites for hydroxylation is 1. The third kappa shape index (κ3) is 5.16. The van der Waals surface area contributed by atoms with E-state index >= 15 is 0 Å². The third-order valence-corrected chi connectivity index (χ3v) is 6.85. The predicted octanol–water partition coefficient (Wildman–Crippen LogP) is 4.51. The van der Waals surface area contributed by atoms with Gasteiger partial charge in [-0.3, -0.25) is 14.5 Å². The van der Waals surface area contributed by atoms with Crippen LogP contribution in [-0.2, 0) is 9.59 Å². The van der Waals surface area contributed by atoms with Crippen molar-refractivity contribution in [2.75, 3.05) is 43.1 Å². The molecule has 0 aromatic heterocycles. The minimum Gasteiger partial charge on any atom is -0.497 e. The summed E-state index contributed by atoms with van der Waals surface area (Å²) < 4.78 is 11.2. The Morgan fingerprint density at radius 3 is 2.57 bits per heavy atom. The Balaban J connectivity index is 1.33. The van der Waals surface area contributed by atoms with E-state index in [1.54, 1.807) is 13.2 Å². The molecule has 5 rings (SSSR count). The van der Waals surface area contributed by atoms with Crippen molar-refractivity contribution in [3.05, 3.63) is 89.7 Å². The van der Waals surface area contributed by atoms with Gasteiger partial charge in [0.2, 0.25) is 5.91 Å². The lowest BCUT2D eigenvalue weighted by atomic mass is 10.1. The molecule has 0 saturated carbocycles. The molecule has 2 aliphatic rings. The van der Waals surface area contributed by atoms with Gasteiger partial charge in [0.25, 0.3) is 5.91 Å². The van der Waals surface area contributed by atoms with Crippen LogP contribution in [0.2, 0.25) is 0 Å². The smallest absolute Gasteiger partial charge is 0.294 e. The van der Waals surface area contributed by atoms with Crippen LogP contribution in [0.15, 0.2) is 78.6 Å². The number of benzene rings is 3. The fourth-order valence-corrected chi connectivity index (χ4v) is 4.88. The van der Waals surface area contributed by atoms with E-state index in [9.17, 15) is 9.59 Å². The Morgan fingerprint density at radius 1 is 1.05 bits per heavy atom. The molecule has 0 spiro atoms. The van der Waals surface area contributed by atoms with E-state index in [0.717, 1.165) is 17.9 Å². The summed E-state index contributed by atoms with van der Waals surface area (Å²) in [5, 5.41) is 0. The summed E-state index contributed by atoms with van der Waals surface area (Å²) in [6, 6.07) is 23.3. The molecule has 3 aromatic rings. The second-order valence-electron chi connectivity index (χ2n) is 9.46. The van der Waals surface area contributed by atoms with Crippen LogP contribution in [0.1, 0.15) is 18.1 Å². The molecule has 0 N–H and O–H groups in total. The first-order valence-electron chi connectivity index (χ1n) is 12.5. The molecular weight excluding hydrogens is 466 g/mol. The van der Waals surface area contributed by atoms with E-state index < -0.39 is 0 Å². The minimum atomic E-state index is -0.339. The lowest BCUT2D eigenvalue weighted by Crippen LogP contribution is -2.56. The van der Waals surface area contributed by atoms with Crippen LogP contribution in [-0.4, -0.2) is 56.0 Å². The summed E-state index contributed by atoms with van der Waals surface area (Å²) >= 11 is 0.